The number of nitrogens with zero attached hydrogens (tertiary/aromatic N) is 2. The van der Waals surface area contributed by atoms with Gasteiger partial charge in [0.1, 0.15) is 0 Å². The van der Waals surface area contributed by atoms with Crippen molar-refractivity contribution in [2.45, 2.75) is 19.9 Å². The van der Waals surface area contributed by atoms with E-state index >= 15 is 0 Å². The molecule has 5 heteroatoms. The number of fused-ring (bicyclic) bond motifs is 1. The van der Waals surface area contributed by atoms with Gasteiger partial charge in [-0.1, -0.05) is 29.8 Å². The molecule has 0 radical (unpaired) electrons. The summed E-state index contributed by atoms with van der Waals surface area (Å²) in [6.07, 6.45) is 4.01. The molecule has 0 saturated heterocycles. The van der Waals surface area contributed by atoms with Gasteiger partial charge in [0, 0.05) is 36.7 Å². The molecule has 1 aliphatic rings. The monoisotopic (exact) mass is 371 g/mol. The first kappa shape index (κ1) is 17.9. The predicted octanol–water partition coefficient (Wildman–Crippen LogP) is 3.52. The number of rotatable bonds is 4. The lowest BCUT2D eigenvalue weighted by Gasteiger charge is -2.18. The van der Waals surface area contributed by atoms with E-state index in [2.05, 4.69) is 16.4 Å². The summed E-state index contributed by atoms with van der Waals surface area (Å²) >= 11 is 0. The number of anilines is 1. The number of pyridine rings is 1. The molecular weight excluding hydrogens is 350 g/mol. The van der Waals surface area contributed by atoms with Crippen molar-refractivity contribution in [3.8, 4) is 0 Å². The van der Waals surface area contributed by atoms with Crippen LogP contribution in [0, 0.1) is 6.92 Å². The van der Waals surface area contributed by atoms with Gasteiger partial charge in [0.2, 0.25) is 0 Å². The minimum Gasteiger partial charge on any atom is -0.348 e. The molecule has 0 spiro atoms. The molecule has 0 fully saturated rings. The number of carbonyl (C=O) groups excluding carboxylic acids is 2. The maximum Gasteiger partial charge on any atom is 0.258 e. The Labute approximate surface area is 164 Å². The molecule has 0 atom stereocenters. The molecule has 0 unspecified atom stereocenters. The first-order valence-corrected chi connectivity index (χ1v) is 9.30. The van der Waals surface area contributed by atoms with Gasteiger partial charge in [0.15, 0.2) is 0 Å². The van der Waals surface area contributed by atoms with Crippen molar-refractivity contribution in [1.29, 1.82) is 0 Å². The topological polar surface area (TPSA) is 62.3 Å². The minimum absolute atomic E-state index is 0.0279. The first-order valence-electron chi connectivity index (χ1n) is 9.30. The molecule has 0 aliphatic carbocycles. The summed E-state index contributed by atoms with van der Waals surface area (Å²) in [6.45, 7) is 3.10. The van der Waals surface area contributed by atoms with Crippen LogP contribution < -0.4 is 10.2 Å². The van der Waals surface area contributed by atoms with Gasteiger partial charge in [-0.05, 0) is 54.8 Å². The Hall–Kier alpha value is -3.47. The van der Waals surface area contributed by atoms with Crippen LogP contribution in [0.5, 0.6) is 0 Å². The van der Waals surface area contributed by atoms with E-state index in [-0.39, 0.29) is 11.8 Å². The Balaban J connectivity index is 1.46. The Morgan fingerprint density at radius 2 is 1.93 bits per heavy atom. The van der Waals surface area contributed by atoms with Crippen LogP contribution in [0.2, 0.25) is 0 Å². The van der Waals surface area contributed by atoms with E-state index in [4.69, 9.17) is 0 Å². The van der Waals surface area contributed by atoms with Gasteiger partial charge < -0.3 is 10.2 Å². The van der Waals surface area contributed by atoms with Gasteiger partial charge in [-0.25, -0.2) is 0 Å². The Morgan fingerprint density at radius 3 is 2.71 bits per heavy atom. The molecular formula is C23H21N3O2. The van der Waals surface area contributed by atoms with Gasteiger partial charge >= 0.3 is 0 Å². The number of aromatic nitrogens is 1. The summed E-state index contributed by atoms with van der Waals surface area (Å²) < 4.78 is 0. The fraction of sp³-hybridized carbons (Fsp3) is 0.174. The van der Waals surface area contributed by atoms with Gasteiger partial charge in [-0.3, -0.25) is 14.6 Å². The van der Waals surface area contributed by atoms with Gasteiger partial charge in [0.05, 0.1) is 5.56 Å². The maximum absolute atomic E-state index is 12.9. The number of nitrogens with one attached hydrogen (secondary N) is 1. The summed E-state index contributed by atoms with van der Waals surface area (Å²) in [5.74, 6) is -0.120. The highest BCUT2D eigenvalue weighted by atomic mass is 16.2. The van der Waals surface area contributed by atoms with Crippen molar-refractivity contribution >= 4 is 17.5 Å². The average Bonchev–Trinajstić information content (AvgIpc) is 3.15. The predicted molar refractivity (Wildman–Crippen MR) is 108 cm³/mol. The number of amides is 2. The second-order valence-electron chi connectivity index (χ2n) is 6.96. The van der Waals surface area contributed by atoms with Crippen LogP contribution in [0.15, 0.2) is 67.0 Å². The zero-order chi connectivity index (χ0) is 19.5. The molecule has 5 nitrogen and oxygen atoms in total. The fourth-order valence-electron chi connectivity index (χ4n) is 3.49. The third-order valence-electron chi connectivity index (χ3n) is 4.93. The van der Waals surface area contributed by atoms with Crippen LogP contribution in [0.25, 0.3) is 0 Å². The number of hydrogen-bond donors (Lipinski definition) is 1. The number of hydrogen-bond acceptors (Lipinski definition) is 3. The van der Waals surface area contributed by atoms with Crippen LogP contribution in [-0.2, 0) is 13.0 Å². The minimum atomic E-state index is -0.148. The molecule has 2 aromatic carbocycles. The molecule has 0 saturated carbocycles. The fourth-order valence-corrected chi connectivity index (χ4v) is 3.49. The molecule has 4 rings (SSSR count). The highest BCUT2D eigenvalue weighted by molar-refractivity contribution is 6.07. The largest absolute Gasteiger partial charge is 0.348 e. The lowest BCUT2D eigenvalue weighted by atomic mass is 10.1. The maximum atomic E-state index is 12.9. The molecule has 3 aromatic rings. The quantitative estimate of drug-likeness (QED) is 0.763. The standard InChI is InChI=1S/C23H21N3O2/c1-16-4-2-5-19(12-16)23(28)26-11-9-18-13-17(7-8-21(18)26)14-25-22(27)20-6-3-10-24-15-20/h2-8,10,12-13,15H,9,11,14H2,1H3,(H,25,27). The van der Waals surface area contributed by atoms with E-state index < -0.39 is 0 Å². The van der Waals surface area contributed by atoms with Gasteiger partial charge in [-0.2, -0.15) is 0 Å². The van der Waals surface area contributed by atoms with E-state index in [1.54, 1.807) is 24.5 Å². The van der Waals surface area contributed by atoms with E-state index in [0.29, 0.717) is 24.2 Å². The molecule has 0 bridgehead atoms. The van der Waals surface area contributed by atoms with Gasteiger partial charge in [0.25, 0.3) is 11.8 Å². The van der Waals surface area contributed by atoms with E-state index in [1.807, 2.05) is 48.2 Å². The number of aryl methyl sites for hydroxylation is 1. The summed E-state index contributed by atoms with van der Waals surface area (Å²) in [5, 5.41) is 2.91. The summed E-state index contributed by atoms with van der Waals surface area (Å²) in [4.78, 5) is 30.9. The molecule has 1 N–H and O–H groups in total. The van der Waals surface area contributed by atoms with Crippen molar-refractivity contribution < 1.29 is 9.59 Å². The van der Waals surface area contributed by atoms with Crippen LogP contribution in [0.3, 0.4) is 0 Å². The first-order chi connectivity index (χ1) is 13.6. The van der Waals surface area contributed by atoms with Crippen molar-refractivity contribution in [2.24, 2.45) is 0 Å². The normalized spacial score (nSPS) is 12.5. The Morgan fingerprint density at radius 1 is 1.07 bits per heavy atom. The summed E-state index contributed by atoms with van der Waals surface area (Å²) in [5.41, 5.74) is 5.42. The third-order valence-corrected chi connectivity index (χ3v) is 4.93. The smallest absolute Gasteiger partial charge is 0.258 e. The second kappa shape index (κ2) is 7.64. The molecule has 1 aromatic heterocycles. The lowest BCUT2D eigenvalue weighted by Crippen LogP contribution is -2.28. The van der Waals surface area contributed by atoms with Crippen molar-refractivity contribution in [3.05, 3.63) is 94.8 Å². The molecule has 2 heterocycles. The second-order valence-corrected chi connectivity index (χ2v) is 6.96. The third kappa shape index (κ3) is 3.64. The molecule has 28 heavy (non-hydrogen) atoms. The molecule has 140 valence electrons. The zero-order valence-corrected chi connectivity index (χ0v) is 15.7. The highest BCUT2D eigenvalue weighted by Crippen LogP contribution is 2.30. The zero-order valence-electron chi connectivity index (χ0n) is 15.7. The summed E-state index contributed by atoms with van der Waals surface area (Å²) in [6, 6.07) is 17.2. The lowest BCUT2D eigenvalue weighted by molar-refractivity contribution is 0.0949. The van der Waals surface area contributed by atoms with Crippen molar-refractivity contribution in [2.75, 3.05) is 11.4 Å². The highest BCUT2D eigenvalue weighted by Gasteiger charge is 2.25. The SMILES string of the molecule is Cc1cccc(C(=O)N2CCc3cc(CNC(=O)c4cccnc4)ccc32)c1. The van der Waals surface area contributed by atoms with Crippen LogP contribution in [0.4, 0.5) is 5.69 Å². The van der Waals surface area contributed by atoms with E-state index in [9.17, 15) is 9.59 Å². The van der Waals surface area contributed by atoms with Gasteiger partial charge in [-0.15, -0.1) is 0 Å². The van der Waals surface area contributed by atoms with Crippen molar-refractivity contribution in [3.63, 3.8) is 0 Å². The van der Waals surface area contributed by atoms with E-state index in [0.717, 1.165) is 28.8 Å². The van der Waals surface area contributed by atoms with Crippen molar-refractivity contribution in [1.82, 2.24) is 10.3 Å². The average molecular weight is 371 g/mol. The Kier molecular flexibility index (Phi) is 4.89. The number of carbonyl (C=O) groups is 2. The van der Waals surface area contributed by atoms with E-state index in [1.165, 1.54) is 0 Å². The summed E-state index contributed by atoms with van der Waals surface area (Å²) in [7, 11) is 0. The van der Waals surface area contributed by atoms with Crippen LogP contribution in [-0.4, -0.2) is 23.3 Å². The van der Waals surface area contributed by atoms with Crippen LogP contribution >= 0.6 is 0 Å². The Bertz CT molecular complexity index is 1030. The molecule has 1 aliphatic heterocycles. The van der Waals surface area contributed by atoms with Crippen LogP contribution in [0.1, 0.15) is 37.4 Å². The molecule has 2 amide bonds. The number of benzene rings is 2.